The van der Waals surface area contributed by atoms with E-state index in [9.17, 15) is 9.59 Å². The van der Waals surface area contributed by atoms with Crippen LogP contribution in [0.25, 0.3) is 10.6 Å². The maximum atomic E-state index is 12.2. The maximum absolute atomic E-state index is 12.2. The van der Waals surface area contributed by atoms with Crippen molar-refractivity contribution in [1.29, 1.82) is 0 Å². The number of hydrogen-bond acceptors (Lipinski definition) is 5. The van der Waals surface area contributed by atoms with Crippen molar-refractivity contribution < 1.29 is 14.3 Å². The molecule has 5 heteroatoms. The van der Waals surface area contributed by atoms with Crippen LogP contribution in [0.3, 0.4) is 0 Å². The van der Waals surface area contributed by atoms with Gasteiger partial charge in [0, 0.05) is 16.5 Å². The van der Waals surface area contributed by atoms with Crippen LogP contribution in [-0.2, 0) is 4.74 Å². The van der Waals surface area contributed by atoms with Crippen molar-refractivity contribution in [2.24, 2.45) is 0 Å². The van der Waals surface area contributed by atoms with Crippen LogP contribution in [-0.4, -0.2) is 23.3 Å². The standard InChI is InChI=1S/C21H19NO3S/c1-14(2)15-8-10-16(11-9-15)19(23)12-25-21(24)18-13-26-20(22-18)17-6-4-3-5-7-17/h3-11,13-14H,12H2,1-2H3. The number of thiazole rings is 1. The van der Waals surface area contributed by atoms with E-state index in [1.807, 2.05) is 42.5 Å². The molecule has 0 amide bonds. The van der Waals surface area contributed by atoms with Crippen molar-refractivity contribution in [3.05, 3.63) is 76.8 Å². The van der Waals surface area contributed by atoms with Gasteiger partial charge in [-0.3, -0.25) is 4.79 Å². The van der Waals surface area contributed by atoms with Gasteiger partial charge >= 0.3 is 5.97 Å². The lowest BCUT2D eigenvalue weighted by Crippen LogP contribution is -2.14. The van der Waals surface area contributed by atoms with E-state index in [4.69, 9.17) is 4.74 Å². The highest BCUT2D eigenvalue weighted by Crippen LogP contribution is 2.23. The molecular formula is C21H19NO3S. The molecule has 132 valence electrons. The molecule has 3 aromatic rings. The van der Waals surface area contributed by atoms with Crippen LogP contribution in [0.2, 0.25) is 0 Å². The summed E-state index contributed by atoms with van der Waals surface area (Å²) >= 11 is 1.37. The molecule has 2 aromatic carbocycles. The van der Waals surface area contributed by atoms with E-state index in [1.54, 1.807) is 17.5 Å². The van der Waals surface area contributed by atoms with Crippen LogP contribution >= 0.6 is 11.3 Å². The Kier molecular flexibility index (Phi) is 5.58. The SMILES string of the molecule is CC(C)c1ccc(C(=O)COC(=O)c2csc(-c3ccccc3)n2)cc1. The first-order valence-electron chi connectivity index (χ1n) is 8.36. The number of rotatable bonds is 6. The monoisotopic (exact) mass is 365 g/mol. The molecular weight excluding hydrogens is 346 g/mol. The minimum atomic E-state index is -0.587. The number of carbonyl (C=O) groups is 2. The van der Waals surface area contributed by atoms with Crippen molar-refractivity contribution >= 4 is 23.1 Å². The summed E-state index contributed by atoms with van der Waals surface area (Å²) < 4.78 is 5.13. The minimum Gasteiger partial charge on any atom is -0.453 e. The van der Waals surface area contributed by atoms with Gasteiger partial charge in [-0.15, -0.1) is 11.3 Å². The van der Waals surface area contributed by atoms with Crippen LogP contribution in [0.4, 0.5) is 0 Å². The molecule has 0 aliphatic rings. The fourth-order valence-electron chi connectivity index (χ4n) is 2.42. The van der Waals surface area contributed by atoms with Gasteiger partial charge in [0.15, 0.2) is 18.1 Å². The van der Waals surface area contributed by atoms with Gasteiger partial charge in [-0.2, -0.15) is 0 Å². The molecule has 0 atom stereocenters. The van der Waals surface area contributed by atoms with E-state index in [0.717, 1.165) is 16.1 Å². The van der Waals surface area contributed by atoms with Gasteiger partial charge in [0.2, 0.25) is 0 Å². The van der Waals surface area contributed by atoms with Gasteiger partial charge in [-0.25, -0.2) is 9.78 Å². The molecule has 0 saturated carbocycles. The first-order chi connectivity index (χ1) is 12.5. The molecule has 26 heavy (non-hydrogen) atoms. The Morgan fingerprint density at radius 1 is 1.04 bits per heavy atom. The number of esters is 1. The van der Waals surface area contributed by atoms with Crippen molar-refractivity contribution in [3.8, 4) is 10.6 Å². The smallest absolute Gasteiger partial charge is 0.358 e. The fourth-order valence-corrected chi connectivity index (χ4v) is 3.22. The third-order valence-corrected chi connectivity index (χ3v) is 4.86. The first-order valence-corrected chi connectivity index (χ1v) is 9.24. The highest BCUT2D eigenvalue weighted by atomic mass is 32.1. The predicted molar refractivity (Wildman–Crippen MR) is 103 cm³/mol. The Morgan fingerprint density at radius 3 is 2.38 bits per heavy atom. The molecule has 1 aromatic heterocycles. The van der Waals surface area contributed by atoms with Crippen LogP contribution in [0, 0.1) is 0 Å². The Balaban J connectivity index is 1.60. The van der Waals surface area contributed by atoms with Gasteiger partial charge in [-0.05, 0) is 11.5 Å². The molecule has 4 nitrogen and oxygen atoms in total. The van der Waals surface area contributed by atoms with Crippen molar-refractivity contribution in [3.63, 3.8) is 0 Å². The lowest BCUT2D eigenvalue weighted by molar-refractivity contribution is 0.0470. The molecule has 0 aliphatic carbocycles. The summed E-state index contributed by atoms with van der Waals surface area (Å²) in [4.78, 5) is 28.6. The number of nitrogens with zero attached hydrogens (tertiary/aromatic N) is 1. The lowest BCUT2D eigenvalue weighted by atomic mass is 10.0. The Morgan fingerprint density at radius 2 is 1.73 bits per heavy atom. The summed E-state index contributed by atoms with van der Waals surface area (Å²) in [5.41, 5.74) is 2.86. The number of hydrogen-bond donors (Lipinski definition) is 0. The summed E-state index contributed by atoms with van der Waals surface area (Å²) in [6.45, 7) is 3.89. The van der Waals surface area contributed by atoms with Crippen LogP contribution in [0.5, 0.6) is 0 Å². The lowest BCUT2D eigenvalue weighted by Gasteiger charge is -2.06. The predicted octanol–water partition coefficient (Wildman–Crippen LogP) is 4.97. The highest BCUT2D eigenvalue weighted by Gasteiger charge is 2.15. The zero-order valence-electron chi connectivity index (χ0n) is 14.6. The fraction of sp³-hybridized carbons (Fsp3) is 0.190. The van der Waals surface area contributed by atoms with Gasteiger partial charge in [-0.1, -0.05) is 68.4 Å². The number of carbonyl (C=O) groups excluding carboxylic acids is 2. The number of benzene rings is 2. The van der Waals surface area contributed by atoms with Gasteiger partial charge in [0.05, 0.1) is 0 Å². The number of Topliss-reactive ketones (excluding diaryl/α,β-unsaturated/α-hetero) is 1. The normalized spacial score (nSPS) is 10.7. The summed E-state index contributed by atoms with van der Waals surface area (Å²) in [6, 6.07) is 17.0. The third kappa shape index (κ3) is 4.24. The van der Waals surface area contributed by atoms with Crippen molar-refractivity contribution in [2.75, 3.05) is 6.61 Å². The molecule has 1 heterocycles. The molecule has 0 spiro atoms. The van der Waals surface area contributed by atoms with E-state index in [-0.39, 0.29) is 18.1 Å². The van der Waals surface area contributed by atoms with Crippen molar-refractivity contribution in [1.82, 2.24) is 4.98 Å². The second kappa shape index (κ2) is 8.06. The average Bonchev–Trinajstić information content (AvgIpc) is 3.17. The van der Waals surface area contributed by atoms with Crippen LogP contribution < -0.4 is 0 Å². The summed E-state index contributed by atoms with van der Waals surface area (Å²) in [5, 5.41) is 2.39. The second-order valence-electron chi connectivity index (χ2n) is 6.18. The zero-order valence-corrected chi connectivity index (χ0v) is 15.5. The second-order valence-corrected chi connectivity index (χ2v) is 7.04. The molecule has 3 rings (SSSR count). The third-order valence-electron chi connectivity index (χ3n) is 3.97. The molecule has 0 unspecified atom stereocenters. The van der Waals surface area contributed by atoms with Gasteiger partial charge in [0.25, 0.3) is 0 Å². The first kappa shape index (κ1) is 18.0. The van der Waals surface area contributed by atoms with E-state index in [2.05, 4.69) is 18.8 Å². The summed E-state index contributed by atoms with van der Waals surface area (Å²) in [6.07, 6.45) is 0. The van der Waals surface area contributed by atoms with E-state index in [0.29, 0.717) is 11.5 Å². The maximum Gasteiger partial charge on any atom is 0.358 e. The van der Waals surface area contributed by atoms with Gasteiger partial charge in [0.1, 0.15) is 5.01 Å². The van der Waals surface area contributed by atoms with Crippen molar-refractivity contribution in [2.45, 2.75) is 19.8 Å². The molecule has 0 radical (unpaired) electrons. The molecule has 0 bridgehead atoms. The van der Waals surface area contributed by atoms with Crippen LogP contribution in [0.1, 0.15) is 46.2 Å². The van der Waals surface area contributed by atoms with E-state index < -0.39 is 5.97 Å². The molecule has 0 N–H and O–H groups in total. The largest absolute Gasteiger partial charge is 0.453 e. The molecule has 0 saturated heterocycles. The van der Waals surface area contributed by atoms with E-state index >= 15 is 0 Å². The molecule has 0 fully saturated rings. The molecule has 0 aliphatic heterocycles. The number of ketones is 1. The average molecular weight is 365 g/mol. The van der Waals surface area contributed by atoms with Crippen LogP contribution in [0.15, 0.2) is 60.0 Å². The number of aromatic nitrogens is 1. The zero-order chi connectivity index (χ0) is 18.5. The topological polar surface area (TPSA) is 56.3 Å². The van der Waals surface area contributed by atoms with E-state index in [1.165, 1.54) is 11.3 Å². The quantitative estimate of drug-likeness (QED) is 0.457. The Labute approximate surface area is 156 Å². The number of ether oxygens (including phenoxy) is 1. The minimum absolute atomic E-state index is 0.219. The van der Waals surface area contributed by atoms with Gasteiger partial charge < -0.3 is 4.74 Å². The summed E-state index contributed by atoms with van der Waals surface area (Å²) in [7, 11) is 0. The Hall–Kier alpha value is -2.79. The Bertz CT molecular complexity index is 899. The summed E-state index contributed by atoms with van der Waals surface area (Å²) in [5.74, 6) is -0.414. The highest BCUT2D eigenvalue weighted by molar-refractivity contribution is 7.13.